The summed E-state index contributed by atoms with van der Waals surface area (Å²) in [6.45, 7) is 4.96. The van der Waals surface area contributed by atoms with Gasteiger partial charge in [0.2, 0.25) is 5.91 Å². The third-order valence-corrected chi connectivity index (χ3v) is 18.6. The number of hydrogen-bond donors (Lipinski definition) is 3. The summed E-state index contributed by atoms with van der Waals surface area (Å²) >= 11 is 0. The fourth-order valence-corrected chi connectivity index (χ4v) is 12.6. The molecule has 1 amide bonds. The first-order valence-corrected chi connectivity index (χ1v) is 39.0. The SMILES string of the molecule is CCCCCCCCCCCCCCCCCCCCCCC/C=C/C(O)C(CO)NC(=O)CCCCCCCCCCCCCCCCCCCCCCCCCCCCCCCCOC(=O)CCCCCCCCCCCCCCCC. The van der Waals surface area contributed by atoms with Crippen molar-refractivity contribution in [1.82, 2.24) is 5.32 Å². The van der Waals surface area contributed by atoms with Crippen LogP contribution in [0.3, 0.4) is 0 Å². The molecule has 0 aromatic rings. The summed E-state index contributed by atoms with van der Waals surface area (Å²) in [6.07, 6.45) is 93.3. The number of amides is 1. The highest BCUT2D eigenvalue weighted by molar-refractivity contribution is 5.76. The first-order chi connectivity index (χ1) is 41.5. The first kappa shape index (κ1) is 82.6. The van der Waals surface area contributed by atoms with E-state index < -0.39 is 12.1 Å². The molecule has 0 rings (SSSR count). The molecule has 2 atom stereocenters. The molecule has 0 aromatic carbocycles. The highest BCUT2D eigenvalue weighted by Crippen LogP contribution is 2.20. The van der Waals surface area contributed by atoms with Gasteiger partial charge in [0.05, 0.1) is 25.4 Å². The van der Waals surface area contributed by atoms with E-state index in [1.165, 1.54) is 385 Å². The van der Waals surface area contributed by atoms with E-state index in [1.807, 2.05) is 6.08 Å². The average molecular weight is 1190 g/mol. The number of carbonyl (C=O) groups excluding carboxylic acids is 2. The van der Waals surface area contributed by atoms with Crippen molar-refractivity contribution >= 4 is 11.9 Å². The van der Waals surface area contributed by atoms with Gasteiger partial charge in [-0.3, -0.25) is 9.59 Å². The van der Waals surface area contributed by atoms with E-state index >= 15 is 0 Å². The number of allylic oxidation sites excluding steroid dienone is 1. The van der Waals surface area contributed by atoms with Crippen LogP contribution in [-0.2, 0) is 14.3 Å². The molecule has 500 valence electrons. The van der Waals surface area contributed by atoms with Gasteiger partial charge in [0, 0.05) is 12.8 Å². The van der Waals surface area contributed by atoms with Gasteiger partial charge in [-0.15, -0.1) is 0 Å². The zero-order chi connectivity index (χ0) is 60.6. The van der Waals surface area contributed by atoms with Crippen molar-refractivity contribution in [1.29, 1.82) is 0 Å². The minimum atomic E-state index is -0.842. The molecule has 0 radical (unpaired) electrons. The molecule has 0 bridgehead atoms. The van der Waals surface area contributed by atoms with Crippen LogP contribution in [0.25, 0.3) is 0 Å². The molecule has 6 heteroatoms. The summed E-state index contributed by atoms with van der Waals surface area (Å²) in [5.74, 6) is -0.0352. The number of aliphatic hydroxyl groups excluding tert-OH is 2. The van der Waals surface area contributed by atoms with Crippen LogP contribution in [0.2, 0.25) is 0 Å². The van der Waals surface area contributed by atoms with E-state index in [9.17, 15) is 19.8 Å². The van der Waals surface area contributed by atoms with Crippen LogP contribution in [0.4, 0.5) is 0 Å². The van der Waals surface area contributed by atoms with Crippen LogP contribution in [0, 0.1) is 0 Å². The fraction of sp³-hybridized carbons (Fsp3) is 0.949. The van der Waals surface area contributed by atoms with Crippen LogP contribution in [0.5, 0.6) is 0 Å². The maximum absolute atomic E-state index is 12.5. The van der Waals surface area contributed by atoms with E-state index in [-0.39, 0.29) is 18.5 Å². The van der Waals surface area contributed by atoms with Crippen LogP contribution >= 0.6 is 0 Å². The largest absolute Gasteiger partial charge is 0.466 e. The molecule has 3 N–H and O–H groups in total. The van der Waals surface area contributed by atoms with E-state index in [4.69, 9.17) is 4.74 Å². The first-order valence-electron chi connectivity index (χ1n) is 39.0. The molecule has 0 fully saturated rings. The number of unbranched alkanes of at least 4 members (excludes halogenated alkanes) is 63. The lowest BCUT2D eigenvalue weighted by molar-refractivity contribution is -0.143. The molecule has 0 aliphatic carbocycles. The number of carbonyl (C=O) groups is 2. The van der Waals surface area contributed by atoms with Crippen molar-refractivity contribution < 1.29 is 24.5 Å². The molecule has 6 nitrogen and oxygen atoms in total. The standard InChI is InChI=1S/C78H153NO5/c1-3-5-7-9-11-13-15-17-19-20-21-22-31-34-37-40-43-46-50-54-58-62-66-70-76(81)75(74-80)79-77(82)71-67-63-59-55-51-47-44-41-38-35-32-29-27-25-23-24-26-28-30-33-36-39-42-45-49-53-57-61-65-69-73-84-78(83)72-68-64-60-56-52-48-18-16-14-12-10-8-6-4-2/h66,70,75-76,80-81H,3-65,67-69,71-74H2,1-2H3,(H,79,82)/b70-66+. The van der Waals surface area contributed by atoms with Gasteiger partial charge in [-0.2, -0.15) is 0 Å². The topological polar surface area (TPSA) is 95.9 Å². The third-order valence-electron chi connectivity index (χ3n) is 18.6. The monoisotopic (exact) mass is 1180 g/mol. The van der Waals surface area contributed by atoms with E-state index in [0.29, 0.717) is 19.4 Å². The third kappa shape index (κ3) is 69.7. The van der Waals surface area contributed by atoms with Gasteiger partial charge in [-0.05, 0) is 32.1 Å². The Morgan fingerprint density at radius 2 is 0.548 bits per heavy atom. The Morgan fingerprint density at radius 1 is 0.321 bits per heavy atom. The van der Waals surface area contributed by atoms with E-state index in [2.05, 4.69) is 19.2 Å². The summed E-state index contributed by atoms with van der Waals surface area (Å²) in [5.41, 5.74) is 0. The summed E-state index contributed by atoms with van der Waals surface area (Å²) in [6, 6.07) is -0.625. The second-order valence-corrected chi connectivity index (χ2v) is 27.1. The van der Waals surface area contributed by atoms with Crippen molar-refractivity contribution in [3.05, 3.63) is 12.2 Å². The zero-order valence-electron chi connectivity index (χ0n) is 57.4. The second kappa shape index (κ2) is 74.1. The van der Waals surface area contributed by atoms with E-state index in [0.717, 1.165) is 38.5 Å². The second-order valence-electron chi connectivity index (χ2n) is 27.1. The predicted octanol–water partition coefficient (Wildman–Crippen LogP) is 25.5. The quantitative estimate of drug-likeness (QED) is 0.0320. The molecule has 0 aliphatic heterocycles. The summed E-state index contributed by atoms with van der Waals surface area (Å²) in [4.78, 5) is 24.6. The molecule has 0 saturated heterocycles. The Balaban J connectivity index is 3.35. The normalized spacial score (nSPS) is 12.5. The zero-order valence-corrected chi connectivity index (χ0v) is 57.4. The van der Waals surface area contributed by atoms with Crippen molar-refractivity contribution in [2.45, 2.75) is 463 Å². The highest BCUT2D eigenvalue weighted by atomic mass is 16.5. The lowest BCUT2D eigenvalue weighted by Gasteiger charge is -2.20. The summed E-state index contributed by atoms with van der Waals surface area (Å²) in [7, 11) is 0. The lowest BCUT2D eigenvalue weighted by Crippen LogP contribution is -2.45. The number of esters is 1. The van der Waals surface area contributed by atoms with Gasteiger partial charge in [-0.1, -0.05) is 418 Å². The van der Waals surface area contributed by atoms with Crippen molar-refractivity contribution in [3.63, 3.8) is 0 Å². The number of aliphatic hydroxyl groups is 2. The number of ether oxygens (including phenoxy) is 1. The number of nitrogens with one attached hydrogen (secondary N) is 1. The van der Waals surface area contributed by atoms with Gasteiger partial charge in [-0.25, -0.2) is 0 Å². The minimum absolute atomic E-state index is 0.0233. The number of rotatable bonds is 74. The van der Waals surface area contributed by atoms with E-state index in [1.54, 1.807) is 6.08 Å². The highest BCUT2D eigenvalue weighted by Gasteiger charge is 2.18. The van der Waals surface area contributed by atoms with Crippen molar-refractivity contribution in [2.75, 3.05) is 13.2 Å². The lowest BCUT2D eigenvalue weighted by atomic mass is 10.0. The fourth-order valence-electron chi connectivity index (χ4n) is 12.6. The summed E-state index contributed by atoms with van der Waals surface area (Å²) in [5, 5.41) is 23.3. The minimum Gasteiger partial charge on any atom is -0.466 e. The van der Waals surface area contributed by atoms with Gasteiger partial charge >= 0.3 is 5.97 Å². The molecule has 0 aliphatic rings. The maximum Gasteiger partial charge on any atom is 0.305 e. The van der Waals surface area contributed by atoms with Gasteiger partial charge < -0.3 is 20.3 Å². The maximum atomic E-state index is 12.5. The van der Waals surface area contributed by atoms with Crippen molar-refractivity contribution in [2.24, 2.45) is 0 Å². The molecule has 0 saturated carbocycles. The van der Waals surface area contributed by atoms with Crippen LogP contribution in [0.15, 0.2) is 12.2 Å². The van der Waals surface area contributed by atoms with Gasteiger partial charge in [0.1, 0.15) is 0 Å². The van der Waals surface area contributed by atoms with Crippen molar-refractivity contribution in [3.8, 4) is 0 Å². The Hall–Kier alpha value is -1.40. The molecule has 0 spiro atoms. The molecule has 0 heterocycles. The Morgan fingerprint density at radius 3 is 0.810 bits per heavy atom. The number of hydrogen-bond acceptors (Lipinski definition) is 5. The predicted molar refractivity (Wildman–Crippen MR) is 370 cm³/mol. The Kier molecular flexibility index (Phi) is 72.8. The van der Waals surface area contributed by atoms with Crippen LogP contribution < -0.4 is 5.32 Å². The van der Waals surface area contributed by atoms with Crippen LogP contribution in [0.1, 0.15) is 450 Å². The average Bonchev–Trinajstić information content (AvgIpc) is 3.51. The van der Waals surface area contributed by atoms with Gasteiger partial charge in [0.15, 0.2) is 0 Å². The Labute approximate surface area is 527 Å². The van der Waals surface area contributed by atoms with Gasteiger partial charge in [0.25, 0.3) is 0 Å². The smallest absolute Gasteiger partial charge is 0.305 e. The summed E-state index contributed by atoms with van der Waals surface area (Å²) < 4.78 is 5.50. The molecular weight excluding hydrogens is 1030 g/mol. The molecular formula is C78H153NO5. The molecule has 2 unspecified atom stereocenters. The van der Waals surface area contributed by atoms with Crippen LogP contribution in [-0.4, -0.2) is 47.4 Å². The Bertz CT molecular complexity index is 1270. The molecule has 0 aromatic heterocycles. The molecule has 84 heavy (non-hydrogen) atoms.